The molecule has 3 rings (SSSR count). The van der Waals surface area contributed by atoms with Crippen molar-refractivity contribution >= 4 is 44.2 Å². The summed E-state index contributed by atoms with van der Waals surface area (Å²) in [5.74, 6) is -0.272. The zero-order valence-electron chi connectivity index (χ0n) is 12.1. The average molecular weight is 442 g/mol. The van der Waals surface area contributed by atoms with Gasteiger partial charge in [-0.1, -0.05) is 6.07 Å². The Morgan fingerprint density at radius 1 is 1.09 bits per heavy atom. The van der Waals surface area contributed by atoms with Gasteiger partial charge in [-0.2, -0.15) is 0 Å². The number of rotatable bonds is 5. The van der Waals surface area contributed by atoms with Gasteiger partial charge in [0.25, 0.3) is 5.91 Å². The zero-order chi connectivity index (χ0) is 16.4. The van der Waals surface area contributed by atoms with Crippen LogP contribution in [0.1, 0.15) is 23.2 Å². The maximum Gasteiger partial charge on any atom is 0.255 e. The van der Waals surface area contributed by atoms with Crippen LogP contribution in [0.15, 0.2) is 53.4 Å². The van der Waals surface area contributed by atoms with Gasteiger partial charge in [0.2, 0.25) is 10.0 Å². The largest absolute Gasteiger partial charge is 0.322 e. The summed E-state index contributed by atoms with van der Waals surface area (Å²) in [5, 5.41) is 2.79. The molecule has 0 atom stereocenters. The zero-order valence-corrected chi connectivity index (χ0v) is 15.1. The summed E-state index contributed by atoms with van der Waals surface area (Å²) in [7, 11) is -3.49. The molecule has 1 aliphatic rings. The van der Waals surface area contributed by atoms with Crippen molar-refractivity contribution in [2.75, 3.05) is 5.32 Å². The molecule has 2 aromatic rings. The number of carbonyl (C=O) groups excluding carboxylic acids is 1. The van der Waals surface area contributed by atoms with E-state index in [0.717, 1.165) is 16.4 Å². The number of halogens is 1. The van der Waals surface area contributed by atoms with Crippen LogP contribution in [0.25, 0.3) is 0 Å². The Kier molecular flexibility index (Phi) is 4.69. The van der Waals surface area contributed by atoms with Gasteiger partial charge in [-0.15, -0.1) is 0 Å². The molecule has 0 aromatic heterocycles. The fourth-order valence-electron chi connectivity index (χ4n) is 2.04. The first kappa shape index (κ1) is 16.4. The second kappa shape index (κ2) is 6.58. The summed E-state index contributed by atoms with van der Waals surface area (Å²) in [4.78, 5) is 12.4. The average Bonchev–Trinajstić information content (AvgIpc) is 3.30. The second-order valence-corrected chi connectivity index (χ2v) is 8.34. The fraction of sp³-hybridized carbons (Fsp3) is 0.188. The molecule has 0 bridgehead atoms. The third-order valence-corrected chi connectivity index (χ3v) is 5.62. The molecule has 0 aliphatic heterocycles. The van der Waals surface area contributed by atoms with Gasteiger partial charge in [0, 0.05) is 20.9 Å². The minimum Gasteiger partial charge on any atom is -0.322 e. The summed E-state index contributed by atoms with van der Waals surface area (Å²) in [6.07, 6.45) is 1.77. The molecule has 1 aliphatic carbocycles. The van der Waals surface area contributed by atoms with Crippen molar-refractivity contribution in [3.63, 3.8) is 0 Å². The first-order chi connectivity index (χ1) is 10.9. The van der Waals surface area contributed by atoms with Crippen molar-refractivity contribution in [3.05, 3.63) is 57.7 Å². The van der Waals surface area contributed by atoms with Crippen LogP contribution in [0.4, 0.5) is 5.69 Å². The molecule has 120 valence electrons. The van der Waals surface area contributed by atoms with E-state index in [1.54, 1.807) is 6.07 Å². The number of carbonyl (C=O) groups is 1. The van der Waals surface area contributed by atoms with Crippen molar-refractivity contribution in [1.29, 1.82) is 0 Å². The Labute approximate surface area is 148 Å². The first-order valence-corrected chi connectivity index (χ1v) is 9.69. The van der Waals surface area contributed by atoms with E-state index in [4.69, 9.17) is 0 Å². The highest BCUT2D eigenvalue weighted by molar-refractivity contribution is 14.1. The molecule has 1 amide bonds. The Hall–Kier alpha value is -1.45. The maximum absolute atomic E-state index is 12.2. The minimum absolute atomic E-state index is 0.0588. The normalized spacial score (nSPS) is 14.5. The smallest absolute Gasteiger partial charge is 0.255 e. The van der Waals surface area contributed by atoms with Crippen LogP contribution in [0, 0.1) is 3.57 Å². The number of benzene rings is 2. The predicted molar refractivity (Wildman–Crippen MR) is 96.9 cm³/mol. The molecule has 2 aromatic carbocycles. The molecule has 0 heterocycles. The molecule has 0 radical (unpaired) electrons. The SMILES string of the molecule is O=C(Nc1cccc(I)c1)c1ccc(S(=O)(=O)NC2CC2)cc1. The molecule has 0 unspecified atom stereocenters. The molecular formula is C16H15IN2O3S. The van der Waals surface area contributed by atoms with E-state index in [2.05, 4.69) is 32.6 Å². The molecule has 1 fully saturated rings. The third-order valence-electron chi connectivity index (χ3n) is 3.41. The van der Waals surface area contributed by atoms with Crippen molar-refractivity contribution in [1.82, 2.24) is 4.72 Å². The first-order valence-electron chi connectivity index (χ1n) is 7.13. The lowest BCUT2D eigenvalue weighted by Crippen LogP contribution is -2.25. The van der Waals surface area contributed by atoms with Gasteiger partial charge in [-0.3, -0.25) is 4.79 Å². The number of hydrogen-bond acceptors (Lipinski definition) is 3. The van der Waals surface area contributed by atoms with Gasteiger partial charge in [0.1, 0.15) is 0 Å². The van der Waals surface area contributed by atoms with Crippen molar-refractivity contribution in [3.8, 4) is 0 Å². The highest BCUT2D eigenvalue weighted by atomic mass is 127. The number of anilines is 1. The number of amides is 1. The van der Waals surface area contributed by atoms with E-state index in [1.165, 1.54) is 24.3 Å². The lowest BCUT2D eigenvalue weighted by molar-refractivity contribution is 0.102. The van der Waals surface area contributed by atoms with Crippen molar-refractivity contribution in [2.24, 2.45) is 0 Å². The topological polar surface area (TPSA) is 75.3 Å². The summed E-state index contributed by atoms with van der Waals surface area (Å²) in [6.45, 7) is 0. The van der Waals surface area contributed by atoms with Gasteiger partial charge >= 0.3 is 0 Å². The molecule has 0 spiro atoms. The van der Waals surface area contributed by atoms with Crippen LogP contribution < -0.4 is 10.0 Å². The van der Waals surface area contributed by atoms with E-state index in [1.807, 2.05) is 18.2 Å². The van der Waals surface area contributed by atoms with Crippen LogP contribution in [-0.2, 0) is 10.0 Å². The lowest BCUT2D eigenvalue weighted by atomic mass is 10.2. The highest BCUT2D eigenvalue weighted by Crippen LogP contribution is 2.22. The van der Waals surface area contributed by atoms with Crippen LogP contribution in [0.5, 0.6) is 0 Å². The predicted octanol–water partition coefficient (Wildman–Crippen LogP) is 2.98. The Bertz CT molecular complexity index is 831. The van der Waals surface area contributed by atoms with Gasteiger partial charge < -0.3 is 5.32 Å². The number of hydrogen-bond donors (Lipinski definition) is 2. The van der Waals surface area contributed by atoms with Crippen LogP contribution in [0.2, 0.25) is 0 Å². The van der Waals surface area contributed by atoms with Crippen LogP contribution >= 0.6 is 22.6 Å². The highest BCUT2D eigenvalue weighted by Gasteiger charge is 2.27. The Balaban J connectivity index is 1.72. The van der Waals surface area contributed by atoms with E-state index in [0.29, 0.717) is 11.3 Å². The molecule has 23 heavy (non-hydrogen) atoms. The Morgan fingerprint density at radius 2 is 1.78 bits per heavy atom. The second-order valence-electron chi connectivity index (χ2n) is 5.38. The van der Waals surface area contributed by atoms with Crippen LogP contribution in [-0.4, -0.2) is 20.4 Å². The van der Waals surface area contributed by atoms with E-state index < -0.39 is 10.0 Å². The molecule has 0 saturated heterocycles. The third kappa shape index (κ3) is 4.30. The van der Waals surface area contributed by atoms with Crippen molar-refractivity contribution in [2.45, 2.75) is 23.8 Å². The van der Waals surface area contributed by atoms with Gasteiger partial charge in [-0.25, -0.2) is 13.1 Å². The van der Waals surface area contributed by atoms with Gasteiger partial charge in [0.05, 0.1) is 4.90 Å². The number of nitrogens with one attached hydrogen (secondary N) is 2. The summed E-state index contributed by atoms with van der Waals surface area (Å²) in [5.41, 5.74) is 1.11. The molecule has 2 N–H and O–H groups in total. The fourth-order valence-corrected chi connectivity index (χ4v) is 3.89. The standard InChI is InChI=1S/C16H15IN2O3S/c17-12-2-1-3-14(10-12)18-16(20)11-4-8-15(9-5-11)23(21,22)19-13-6-7-13/h1-5,8-10,13,19H,6-7H2,(H,18,20). The summed E-state index contributed by atoms with van der Waals surface area (Å²) >= 11 is 2.17. The maximum atomic E-state index is 12.2. The molecule has 7 heteroatoms. The number of sulfonamides is 1. The Morgan fingerprint density at radius 3 is 2.39 bits per heavy atom. The van der Waals surface area contributed by atoms with E-state index >= 15 is 0 Å². The molecule has 1 saturated carbocycles. The van der Waals surface area contributed by atoms with Crippen molar-refractivity contribution < 1.29 is 13.2 Å². The molecular weight excluding hydrogens is 427 g/mol. The molecule has 5 nitrogen and oxygen atoms in total. The van der Waals surface area contributed by atoms with Gasteiger partial charge in [0.15, 0.2) is 0 Å². The minimum atomic E-state index is -3.49. The monoisotopic (exact) mass is 442 g/mol. The quantitative estimate of drug-likeness (QED) is 0.700. The van der Waals surface area contributed by atoms with Gasteiger partial charge in [-0.05, 0) is 77.9 Å². The lowest BCUT2D eigenvalue weighted by Gasteiger charge is -2.08. The summed E-state index contributed by atoms with van der Waals surface area (Å²) < 4.78 is 27.8. The van der Waals surface area contributed by atoms with Crippen LogP contribution in [0.3, 0.4) is 0 Å². The van der Waals surface area contributed by atoms with E-state index in [-0.39, 0.29) is 16.8 Å². The summed E-state index contributed by atoms with van der Waals surface area (Å²) in [6, 6.07) is 13.5. The van der Waals surface area contributed by atoms with E-state index in [9.17, 15) is 13.2 Å².